The van der Waals surface area contributed by atoms with E-state index in [0.29, 0.717) is 24.3 Å². The van der Waals surface area contributed by atoms with E-state index < -0.39 is 14.0 Å². The predicted octanol–water partition coefficient (Wildman–Crippen LogP) is 4.64. The standard InChI is InChI=1S/C18H35NO3Si/c1-9-11-12-15(23(7,8)18(4,5)6)14(3)16(19-13-20)17(21)22-10-2/h13,15H,9-12H2,1-8H3,(H,19,20). The van der Waals surface area contributed by atoms with E-state index in [9.17, 15) is 9.59 Å². The van der Waals surface area contributed by atoms with Crippen LogP contribution in [0.25, 0.3) is 0 Å². The van der Waals surface area contributed by atoms with Gasteiger partial charge in [-0.3, -0.25) is 4.79 Å². The summed E-state index contributed by atoms with van der Waals surface area (Å²) in [7, 11) is -1.72. The van der Waals surface area contributed by atoms with Crippen molar-refractivity contribution in [2.75, 3.05) is 6.61 Å². The van der Waals surface area contributed by atoms with Crippen LogP contribution in [-0.4, -0.2) is 27.1 Å². The number of allylic oxidation sites excluding steroid dienone is 1. The molecule has 0 aromatic carbocycles. The van der Waals surface area contributed by atoms with Crippen molar-refractivity contribution in [3.8, 4) is 0 Å². The third-order valence-corrected chi connectivity index (χ3v) is 11.6. The Balaban J connectivity index is 5.95. The minimum Gasteiger partial charge on any atom is -0.461 e. The minimum absolute atomic E-state index is 0.202. The van der Waals surface area contributed by atoms with E-state index in [1.807, 2.05) is 6.92 Å². The zero-order chi connectivity index (χ0) is 18.3. The fourth-order valence-electron chi connectivity index (χ4n) is 2.82. The third-order valence-electron chi connectivity index (χ3n) is 5.25. The van der Waals surface area contributed by atoms with Gasteiger partial charge in [0.1, 0.15) is 5.70 Å². The molecule has 0 aliphatic rings. The smallest absolute Gasteiger partial charge is 0.354 e. The lowest BCUT2D eigenvalue weighted by Gasteiger charge is -2.44. The summed E-state index contributed by atoms with van der Waals surface area (Å²) in [6, 6.07) is 0. The number of carbonyl (C=O) groups excluding carboxylic acids is 2. The van der Waals surface area contributed by atoms with E-state index in [0.717, 1.165) is 24.8 Å². The lowest BCUT2D eigenvalue weighted by molar-refractivity contribution is -0.139. The van der Waals surface area contributed by atoms with Crippen LogP contribution in [-0.2, 0) is 14.3 Å². The maximum absolute atomic E-state index is 12.2. The van der Waals surface area contributed by atoms with Gasteiger partial charge < -0.3 is 10.1 Å². The van der Waals surface area contributed by atoms with Gasteiger partial charge in [0.05, 0.1) is 14.7 Å². The Morgan fingerprint density at radius 2 is 1.83 bits per heavy atom. The monoisotopic (exact) mass is 341 g/mol. The fraction of sp³-hybridized carbons (Fsp3) is 0.778. The summed E-state index contributed by atoms with van der Waals surface area (Å²) in [5.74, 6) is -0.433. The van der Waals surface area contributed by atoms with E-state index >= 15 is 0 Å². The van der Waals surface area contributed by atoms with Crippen molar-refractivity contribution >= 4 is 20.5 Å². The molecule has 0 aromatic heterocycles. The van der Waals surface area contributed by atoms with Gasteiger partial charge in [-0.15, -0.1) is 0 Å². The van der Waals surface area contributed by atoms with Crippen LogP contribution in [0.3, 0.4) is 0 Å². The molecule has 0 saturated carbocycles. The molecule has 134 valence electrons. The number of esters is 1. The molecular weight excluding hydrogens is 306 g/mol. The minimum atomic E-state index is -1.72. The highest BCUT2D eigenvalue weighted by atomic mass is 28.3. The molecule has 5 heteroatoms. The fourth-order valence-corrected chi connectivity index (χ4v) is 6.02. The van der Waals surface area contributed by atoms with Gasteiger partial charge >= 0.3 is 5.97 Å². The summed E-state index contributed by atoms with van der Waals surface area (Å²) in [4.78, 5) is 23.2. The highest BCUT2D eigenvalue weighted by Crippen LogP contribution is 2.49. The number of hydrogen-bond donors (Lipinski definition) is 1. The van der Waals surface area contributed by atoms with Crippen molar-refractivity contribution in [3.05, 3.63) is 11.3 Å². The molecule has 0 aliphatic carbocycles. The molecule has 0 rings (SSSR count). The highest BCUT2D eigenvalue weighted by molar-refractivity contribution is 6.82. The first-order valence-corrected chi connectivity index (χ1v) is 11.7. The highest BCUT2D eigenvalue weighted by Gasteiger charge is 2.43. The van der Waals surface area contributed by atoms with Crippen LogP contribution in [0.4, 0.5) is 0 Å². The summed E-state index contributed by atoms with van der Waals surface area (Å²) in [6.45, 7) is 17.8. The Labute approximate surface area is 143 Å². The van der Waals surface area contributed by atoms with Crippen molar-refractivity contribution < 1.29 is 14.3 Å². The molecule has 0 fully saturated rings. The number of unbranched alkanes of at least 4 members (excludes halogenated alkanes) is 1. The Kier molecular flexibility index (Phi) is 8.81. The zero-order valence-electron chi connectivity index (χ0n) is 16.2. The molecule has 0 bridgehead atoms. The van der Waals surface area contributed by atoms with Crippen molar-refractivity contribution in [3.63, 3.8) is 0 Å². The molecule has 0 heterocycles. The second-order valence-electron chi connectivity index (χ2n) is 7.71. The topological polar surface area (TPSA) is 55.4 Å². The van der Waals surface area contributed by atoms with E-state index in [4.69, 9.17) is 4.74 Å². The van der Waals surface area contributed by atoms with Crippen molar-refractivity contribution in [2.24, 2.45) is 0 Å². The molecule has 1 unspecified atom stereocenters. The molecule has 0 aromatic rings. The molecule has 0 radical (unpaired) electrons. The summed E-state index contributed by atoms with van der Waals surface area (Å²) < 4.78 is 5.13. The van der Waals surface area contributed by atoms with Crippen LogP contribution in [0.2, 0.25) is 23.7 Å². The quantitative estimate of drug-likeness (QED) is 0.288. The van der Waals surface area contributed by atoms with Crippen LogP contribution in [0, 0.1) is 0 Å². The van der Waals surface area contributed by atoms with Gasteiger partial charge in [-0.1, -0.05) is 53.6 Å². The molecule has 0 spiro atoms. The predicted molar refractivity (Wildman–Crippen MR) is 99.0 cm³/mol. The lowest BCUT2D eigenvalue weighted by Crippen LogP contribution is -2.43. The first-order valence-electron chi connectivity index (χ1n) is 8.62. The van der Waals surface area contributed by atoms with Crippen LogP contribution >= 0.6 is 0 Å². The molecule has 0 saturated heterocycles. The van der Waals surface area contributed by atoms with Gasteiger partial charge in [0.2, 0.25) is 6.41 Å². The second-order valence-corrected chi connectivity index (χ2v) is 13.3. The van der Waals surface area contributed by atoms with Gasteiger partial charge in [-0.05, 0) is 36.4 Å². The van der Waals surface area contributed by atoms with E-state index in [2.05, 4.69) is 46.1 Å². The average molecular weight is 342 g/mol. The van der Waals surface area contributed by atoms with Gasteiger partial charge in [0, 0.05) is 0 Å². The molecular formula is C18H35NO3Si. The van der Waals surface area contributed by atoms with E-state index in [-0.39, 0.29) is 5.04 Å². The summed E-state index contributed by atoms with van der Waals surface area (Å²) in [5.41, 5.74) is 1.62. The molecule has 1 atom stereocenters. The number of amides is 1. The second kappa shape index (κ2) is 9.26. The zero-order valence-corrected chi connectivity index (χ0v) is 17.2. The number of hydrogen-bond acceptors (Lipinski definition) is 3. The number of rotatable bonds is 9. The molecule has 0 aliphatic heterocycles. The van der Waals surface area contributed by atoms with Crippen molar-refractivity contribution in [1.29, 1.82) is 0 Å². The maximum atomic E-state index is 12.2. The van der Waals surface area contributed by atoms with Crippen molar-refractivity contribution in [1.82, 2.24) is 5.32 Å². The van der Waals surface area contributed by atoms with E-state index in [1.165, 1.54) is 0 Å². The number of ether oxygens (including phenoxy) is 1. The molecule has 23 heavy (non-hydrogen) atoms. The largest absolute Gasteiger partial charge is 0.461 e. The third kappa shape index (κ3) is 5.79. The molecule has 1 amide bonds. The summed E-state index contributed by atoms with van der Waals surface area (Å²) in [6.07, 6.45) is 3.85. The van der Waals surface area contributed by atoms with Crippen LogP contribution < -0.4 is 5.32 Å². The first kappa shape index (κ1) is 21.9. The molecule has 4 nitrogen and oxygen atoms in total. The summed E-state index contributed by atoms with van der Waals surface area (Å²) >= 11 is 0. The lowest BCUT2D eigenvalue weighted by atomic mass is 10.1. The van der Waals surface area contributed by atoms with Gasteiger partial charge in [-0.2, -0.15) is 0 Å². The van der Waals surface area contributed by atoms with Crippen LogP contribution in [0.1, 0.15) is 60.8 Å². The van der Waals surface area contributed by atoms with Crippen LogP contribution in [0.5, 0.6) is 0 Å². The Bertz CT molecular complexity index is 436. The Hall–Kier alpha value is -1.10. The van der Waals surface area contributed by atoms with Gasteiger partial charge in [0.25, 0.3) is 0 Å². The Morgan fingerprint density at radius 1 is 1.26 bits per heavy atom. The first-order chi connectivity index (χ1) is 10.5. The summed E-state index contributed by atoms with van der Waals surface area (Å²) in [5, 5.41) is 2.80. The number of nitrogens with one attached hydrogen (secondary N) is 1. The number of carbonyl (C=O) groups is 2. The maximum Gasteiger partial charge on any atom is 0.354 e. The van der Waals surface area contributed by atoms with Gasteiger partial charge in [-0.25, -0.2) is 4.79 Å². The van der Waals surface area contributed by atoms with Gasteiger partial charge in [0.15, 0.2) is 0 Å². The van der Waals surface area contributed by atoms with Crippen molar-refractivity contribution in [2.45, 2.75) is 84.5 Å². The van der Waals surface area contributed by atoms with Crippen LogP contribution in [0.15, 0.2) is 11.3 Å². The molecule has 1 N–H and O–H groups in total. The SMILES string of the molecule is CCCCC(C(C)=C(NC=O)C(=O)OCC)[Si](C)(C)C(C)(C)C. The average Bonchev–Trinajstić information content (AvgIpc) is 2.43. The normalized spacial score (nSPS) is 14.8. The van der Waals surface area contributed by atoms with E-state index in [1.54, 1.807) is 6.92 Å². The Morgan fingerprint density at radius 3 is 2.22 bits per heavy atom.